The highest BCUT2D eigenvalue weighted by atomic mass is 19.1. The van der Waals surface area contributed by atoms with Crippen LogP contribution in [0.25, 0.3) is 0 Å². The first-order chi connectivity index (χ1) is 7.63. The van der Waals surface area contributed by atoms with Crippen molar-refractivity contribution in [2.75, 3.05) is 18.5 Å². The van der Waals surface area contributed by atoms with E-state index in [9.17, 15) is 4.39 Å². The molecule has 0 aromatic heterocycles. The van der Waals surface area contributed by atoms with Gasteiger partial charge in [-0.25, -0.2) is 4.39 Å². The summed E-state index contributed by atoms with van der Waals surface area (Å²) in [5.74, 6) is -0.396. The van der Waals surface area contributed by atoms with E-state index in [1.54, 1.807) is 12.1 Å². The fourth-order valence-corrected chi connectivity index (χ4v) is 1.78. The van der Waals surface area contributed by atoms with Crippen molar-refractivity contribution in [3.05, 3.63) is 29.6 Å². The minimum atomic E-state index is -0.396. The molecule has 1 aromatic rings. The van der Waals surface area contributed by atoms with Gasteiger partial charge in [-0.15, -0.1) is 0 Å². The minimum Gasteiger partial charge on any atom is -0.379 e. The first-order valence-electron chi connectivity index (χ1n) is 5.19. The maximum Gasteiger partial charge on any atom is 0.147 e. The van der Waals surface area contributed by atoms with E-state index in [0.29, 0.717) is 24.5 Å². The van der Waals surface area contributed by atoms with Crippen molar-refractivity contribution in [1.82, 2.24) is 0 Å². The second kappa shape index (κ2) is 4.11. The molecule has 0 radical (unpaired) electrons. The molecule has 2 rings (SSSR count). The van der Waals surface area contributed by atoms with Crippen molar-refractivity contribution in [2.24, 2.45) is 0 Å². The number of halogens is 1. The lowest BCUT2D eigenvalue weighted by atomic mass is 10.0. The molecule has 1 atom stereocenters. The first kappa shape index (κ1) is 10.9. The highest BCUT2D eigenvalue weighted by molar-refractivity contribution is 5.50. The van der Waals surface area contributed by atoms with Gasteiger partial charge < -0.3 is 10.1 Å². The Bertz CT molecular complexity index is 433. The Morgan fingerprint density at radius 3 is 2.94 bits per heavy atom. The molecule has 1 N–H and O–H groups in total. The summed E-state index contributed by atoms with van der Waals surface area (Å²) in [6, 6.07) is 6.34. The number of hydrogen-bond acceptors (Lipinski definition) is 3. The first-order valence-corrected chi connectivity index (χ1v) is 5.19. The molecule has 1 aliphatic rings. The highest BCUT2D eigenvalue weighted by Crippen LogP contribution is 2.25. The van der Waals surface area contributed by atoms with Gasteiger partial charge in [-0.1, -0.05) is 0 Å². The molecule has 84 valence electrons. The lowest BCUT2D eigenvalue weighted by molar-refractivity contribution is 0.185. The van der Waals surface area contributed by atoms with Gasteiger partial charge >= 0.3 is 0 Å². The van der Waals surface area contributed by atoms with Gasteiger partial charge in [0.05, 0.1) is 29.5 Å². The van der Waals surface area contributed by atoms with Crippen LogP contribution in [0.3, 0.4) is 0 Å². The van der Waals surface area contributed by atoms with Crippen LogP contribution in [0.5, 0.6) is 0 Å². The van der Waals surface area contributed by atoms with Gasteiger partial charge in [0.1, 0.15) is 5.82 Å². The van der Waals surface area contributed by atoms with Crippen LogP contribution in [-0.2, 0) is 4.74 Å². The van der Waals surface area contributed by atoms with Gasteiger partial charge in [0.25, 0.3) is 0 Å². The number of benzene rings is 1. The topological polar surface area (TPSA) is 45.0 Å². The number of hydrogen-bond donors (Lipinski definition) is 1. The molecule has 1 aliphatic heterocycles. The third kappa shape index (κ3) is 2.15. The monoisotopic (exact) mass is 220 g/mol. The highest BCUT2D eigenvalue weighted by Gasteiger charge is 2.30. The van der Waals surface area contributed by atoms with Crippen LogP contribution >= 0.6 is 0 Å². The van der Waals surface area contributed by atoms with Crippen LogP contribution in [0.2, 0.25) is 0 Å². The number of anilines is 1. The molecule has 0 saturated carbocycles. The summed E-state index contributed by atoms with van der Waals surface area (Å²) in [7, 11) is 0. The Kier molecular flexibility index (Phi) is 2.80. The van der Waals surface area contributed by atoms with E-state index >= 15 is 0 Å². The standard InChI is InChI=1S/C12H13FN2O/c1-12(4-5-16-8-12)15-11-3-2-9(7-14)6-10(11)13/h2-3,6,15H,4-5,8H2,1H3. The molecule has 0 aliphatic carbocycles. The third-order valence-electron chi connectivity index (χ3n) is 2.75. The quantitative estimate of drug-likeness (QED) is 0.831. The van der Waals surface area contributed by atoms with E-state index in [1.165, 1.54) is 6.07 Å². The fourth-order valence-electron chi connectivity index (χ4n) is 1.78. The molecule has 1 fully saturated rings. The van der Waals surface area contributed by atoms with Crippen LogP contribution in [0.15, 0.2) is 18.2 Å². The van der Waals surface area contributed by atoms with Gasteiger partial charge in [-0.05, 0) is 31.5 Å². The lowest BCUT2D eigenvalue weighted by Crippen LogP contribution is -2.35. The number of nitrogens with zero attached hydrogens (tertiary/aromatic N) is 1. The molecule has 1 aromatic carbocycles. The molecule has 1 saturated heterocycles. The molecule has 1 heterocycles. The lowest BCUT2D eigenvalue weighted by Gasteiger charge is -2.25. The molecule has 0 amide bonds. The zero-order chi connectivity index (χ0) is 11.6. The molecular weight excluding hydrogens is 207 g/mol. The van der Waals surface area contributed by atoms with Gasteiger partial charge in [0.15, 0.2) is 0 Å². The van der Waals surface area contributed by atoms with Crippen molar-refractivity contribution in [1.29, 1.82) is 5.26 Å². The van der Waals surface area contributed by atoms with Crippen molar-refractivity contribution in [3.63, 3.8) is 0 Å². The average Bonchev–Trinajstić information content (AvgIpc) is 2.68. The molecule has 4 heteroatoms. The van der Waals surface area contributed by atoms with E-state index < -0.39 is 5.82 Å². The van der Waals surface area contributed by atoms with Crippen LogP contribution < -0.4 is 5.32 Å². The summed E-state index contributed by atoms with van der Waals surface area (Å²) in [4.78, 5) is 0. The Balaban J connectivity index is 2.19. The summed E-state index contributed by atoms with van der Waals surface area (Å²) < 4.78 is 18.9. The van der Waals surface area contributed by atoms with Crippen molar-refractivity contribution < 1.29 is 9.13 Å². The Morgan fingerprint density at radius 1 is 1.56 bits per heavy atom. The molecule has 0 bridgehead atoms. The molecular formula is C12H13FN2O. The maximum absolute atomic E-state index is 13.6. The van der Waals surface area contributed by atoms with Crippen molar-refractivity contribution in [3.8, 4) is 6.07 Å². The van der Waals surface area contributed by atoms with Crippen molar-refractivity contribution in [2.45, 2.75) is 18.9 Å². The van der Waals surface area contributed by atoms with Crippen LogP contribution in [0, 0.1) is 17.1 Å². The normalized spacial score (nSPS) is 24.1. The fraction of sp³-hybridized carbons (Fsp3) is 0.417. The van der Waals surface area contributed by atoms with E-state index in [4.69, 9.17) is 10.00 Å². The number of nitriles is 1. The maximum atomic E-state index is 13.6. The summed E-state index contributed by atoms with van der Waals surface area (Å²) >= 11 is 0. The molecule has 0 spiro atoms. The number of rotatable bonds is 2. The second-order valence-corrected chi connectivity index (χ2v) is 4.29. The SMILES string of the molecule is CC1(Nc2ccc(C#N)cc2F)CCOC1. The zero-order valence-corrected chi connectivity index (χ0v) is 9.09. The Labute approximate surface area is 93.8 Å². The van der Waals surface area contributed by atoms with E-state index in [1.807, 2.05) is 13.0 Å². The predicted octanol–water partition coefficient (Wildman–Crippen LogP) is 2.29. The molecule has 1 unspecified atom stereocenters. The van der Waals surface area contributed by atoms with Crippen LogP contribution in [0.4, 0.5) is 10.1 Å². The smallest absolute Gasteiger partial charge is 0.147 e. The Hall–Kier alpha value is -1.60. The zero-order valence-electron chi connectivity index (χ0n) is 9.09. The Morgan fingerprint density at radius 2 is 2.38 bits per heavy atom. The van der Waals surface area contributed by atoms with Crippen molar-refractivity contribution >= 4 is 5.69 Å². The number of ether oxygens (including phenoxy) is 1. The van der Waals surface area contributed by atoms with Crippen LogP contribution in [0.1, 0.15) is 18.9 Å². The van der Waals surface area contributed by atoms with E-state index in [0.717, 1.165) is 6.42 Å². The van der Waals surface area contributed by atoms with Gasteiger partial charge in [-0.3, -0.25) is 0 Å². The average molecular weight is 220 g/mol. The predicted molar refractivity (Wildman–Crippen MR) is 58.6 cm³/mol. The van der Waals surface area contributed by atoms with Crippen LogP contribution in [-0.4, -0.2) is 18.8 Å². The largest absolute Gasteiger partial charge is 0.379 e. The summed E-state index contributed by atoms with van der Waals surface area (Å²) in [5.41, 5.74) is 0.539. The van der Waals surface area contributed by atoms with Gasteiger partial charge in [0.2, 0.25) is 0 Å². The van der Waals surface area contributed by atoms with E-state index in [2.05, 4.69) is 5.32 Å². The molecule has 3 nitrogen and oxygen atoms in total. The molecule has 16 heavy (non-hydrogen) atoms. The van der Waals surface area contributed by atoms with E-state index in [-0.39, 0.29) is 5.54 Å². The van der Waals surface area contributed by atoms with Gasteiger partial charge in [-0.2, -0.15) is 5.26 Å². The van der Waals surface area contributed by atoms with Gasteiger partial charge in [0, 0.05) is 6.61 Å². The summed E-state index contributed by atoms with van der Waals surface area (Å²) in [6.07, 6.45) is 0.854. The second-order valence-electron chi connectivity index (χ2n) is 4.29. The minimum absolute atomic E-state index is 0.213. The summed E-state index contributed by atoms with van der Waals surface area (Å²) in [5, 5.41) is 11.8. The number of nitrogens with one attached hydrogen (secondary N) is 1. The third-order valence-corrected chi connectivity index (χ3v) is 2.75. The summed E-state index contributed by atoms with van der Waals surface area (Å²) in [6.45, 7) is 3.27.